The number of nitrogens with zero attached hydrogens (tertiary/aromatic N) is 10. The number of thiocarbonyl (C=S) groups is 2. The van der Waals surface area contributed by atoms with Crippen LogP contribution < -0.4 is 24.6 Å². The van der Waals surface area contributed by atoms with E-state index in [1.165, 1.54) is 99.0 Å². The van der Waals surface area contributed by atoms with Crippen LogP contribution in [0.3, 0.4) is 0 Å². The molecule has 0 atom stereocenters. The van der Waals surface area contributed by atoms with Gasteiger partial charge in [0.05, 0.1) is 46.0 Å². The maximum Gasteiger partial charge on any atom is 0.573 e. The van der Waals surface area contributed by atoms with E-state index in [-0.39, 0.29) is 29.2 Å². The molecule has 0 unspecified atom stereocenters. The number of aryl methyl sites for hydroxylation is 2. The summed E-state index contributed by atoms with van der Waals surface area (Å²) in [7, 11) is 0. The summed E-state index contributed by atoms with van der Waals surface area (Å²) in [5, 5.41) is 23.4. The first kappa shape index (κ1) is 65.4. The van der Waals surface area contributed by atoms with Crippen LogP contribution >= 0.6 is 48.0 Å². The van der Waals surface area contributed by atoms with Gasteiger partial charge in [-0.05, 0) is 157 Å². The number of anilines is 2. The van der Waals surface area contributed by atoms with Crippen molar-refractivity contribution >= 4 is 91.8 Å². The third kappa shape index (κ3) is 18.0. The van der Waals surface area contributed by atoms with Crippen molar-refractivity contribution < 1.29 is 45.4 Å². The number of amides is 2. The topological polar surface area (TPSA) is 181 Å². The second-order valence-electron chi connectivity index (χ2n) is 20.4. The van der Waals surface area contributed by atoms with Crippen LogP contribution in [-0.2, 0) is 22.4 Å². The Hall–Kier alpha value is -8.55. The molecule has 88 heavy (non-hydrogen) atoms. The fourth-order valence-electron chi connectivity index (χ4n) is 8.92. The van der Waals surface area contributed by atoms with Gasteiger partial charge in [0.15, 0.2) is 27.1 Å². The Bertz CT molecular complexity index is 3830. The second kappa shape index (κ2) is 29.4. The van der Waals surface area contributed by atoms with E-state index < -0.39 is 12.7 Å². The van der Waals surface area contributed by atoms with Crippen LogP contribution in [0.25, 0.3) is 34.2 Å². The van der Waals surface area contributed by atoms with Gasteiger partial charge in [0, 0.05) is 17.7 Å². The smallest absolute Gasteiger partial charge is 0.406 e. The number of isothiocyanates is 1. The second-order valence-corrected chi connectivity index (χ2v) is 22.9. The number of benzene rings is 6. The molecule has 0 spiro atoms. The molecule has 2 aliphatic rings. The van der Waals surface area contributed by atoms with Gasteiger partial charge >= 0.3 is 12.7 Å². The number of hydrogen-bond donors (Lipinski definition) is 2. The number of halogens is 6. The zero-order valence-electron chi connectivity index (χ0n) is 48.3. The number of ether oxygens (including phenoxy) is 2. The first-order valence-corrected chi connectivity index (χ1v) is 30.1. The van der Waals surface area contributed by atoms with E-state index in [1.54, 1.807) is 4.90 Å². The molecule has 0 radical (unpaired) electrons. The fraction of sp³-hybridized carbons (Fsp3) is 0.258. The highest BCUT2D eigenvalue weighted by molar-refractivity contribution is 8.15. The Labute approximate surface area is 523 Å². The SMILES string of the molecule is Cc1ccc(C(C)C)c(N2C(=N)SCC2=O)c1.Cc1ccc(C(C)C)c(N2C(=O)CSC2=NC(=S)NCCc2ccc(-c3ncn(-c4ccc(OC(F)(F)F)cc4)n3)cc2)c1.FC(F)(F)Oc1ccc(-n2cnc(-c3ccc(CCN=C=S)cc3)n2)cc1. The lowest BCUT2D eigenvalue weighted by Crippen LogP contribution is -2.32. The lowest BCUT2D eigenvalue weighted by atomic mass is 9.99. The number of carbonyl (C=O) groups is 2. The number of hydrogen-bond acceptors (Lipinski definition) is 14. The van der Waals surface area contributed by atoms with Crippen molar-refractivity contribution in [1.29, 1.82) is 5.41 Å². The average molecular weight is 1280 g/mol. The Morgan fingerprint density at radius 1 is 0.648 bits per heavy atom. The summed E-state index contributed by atoms with van der Waals surface area (Å²) in [5.41, 5.74) is 11.0. The van der Waals surface area contributed by atoms with Crippen molar-refractivity contribution in [3.63, 3.8) is 0 Å². The number of thioether (sulfide) groups is 2. The molecule has 26 heteroatoms. The van der Waals surface area contributed by atoms with E-state index in [2.05, 4.69) is 108 Å². The molecular formula is C62H58F6N12O4S4. The molecule has 2 N–H and O–H groups in total. The highest BCUT2D eigenvalue weighted by Gasteiger charge is 2.34. The number of aromatic nitrogens is 6. The Kier molecular flexibility index (Phi) is 21.9. The first-order valence-electron chi connectivity index (χ1n) is 27.3. The van der Waals surface area contributed by atoms with Gasteiger partial charge in [0.1, 0.15) is 24.2 Å². The van der Waals surface area contributed by atoms with Crippen LogP contribution in [0.5, 0.6) is 11.5 Å². The predicted molar refractivity (Wildman–Crippen MR) is 340 cm³/mol. The molecule has 0 aliphatic carbocycles. The molecule has 6 aromatic carbocycles. The molecule has 4 heterocycles. The van der Waals surface area contributed by atoms with Gasteiger partial charge in [-0.3, -0.25) is 24.8 Å². The summed E-state index contributed by atoms with van der Waals surface area (Å²) >= 11 is 12.7. The molecule has 10 rings (SSSR count). The van der Waals surface area contributed by atoms with Crippen LogP contribution in [0, 0.1) is 19.3 Å². The number of rotatable bonds is 16. The molecule has 0 bridgehead atoms. The standard InChI is InChI=1S/C31H29F3N6O2S2.C18H13F3N4OS.C13H16N2OS/c1-19(2)25-13-4-20(3)16-26(25)40-27(41)17-44-30(40)37-29(43)35-15-14-21-5-7-22(8-6-21)28-36-18-39(38-28)23-9-11-24(12-10-23)42-31(32,33)34;19-18(20,21)26-16-7-5-15(6-8-16)25-11-23-17(24-25)14-3-1-13(2-4-14)9-10-22-12-27;1-8(2)10-5-4-9(3)6-11(10)15-12(16)7-17-13(15)14/h4-13,16,18-19H,14-15,17H2,1-3H3,(H,35,43);1-8,11H,9-10H2;4-6,8,14H,7H2,1-3H3. The van der Waals surface area contributed by atoms with Gasteiger partial charge in [0.25, 0.3) is 0 Å². The van der Waals surface area contributed by atoms with E-state index in [9.17, 15) is 35.9 Å². The molecule has 2 fully saturated rings. The van der Waals surface area contributed by atoms with Gasteiger partial charge in [-0.2, -0.15) is 4.99 Å². The maximum atomic E-state index is 12.8. The lowest BCUT2D eigenvalue weighted by Gasteiger charge is -2.22. The zero-order valence-corrected chi connectivity index (χ0v) is 51.5. The molecule has 0 saturated carbocycles. The van der Waals surface area contributed by atoms with Crippen molar-refractivity contribution in [3.05, 3.63) is 179 Å². The summed E-state index contributed by atoms with van der Waals surface area (Å²) < 4.78 is 84.6. The highest BCUT2D eigenvalue weighted by Crippen LogP contribution is 2.36. The Morgan fingerprint density at radius 3 is 1.52 bits per heavy atom. The van der Waals surface area contributed by atoms with E-state index in [4.69, 9.17) is 17.6 Å². The summed E-state index contributed by atoms with van der Waals surface area (Å²) in [6, 6.07) is 38.5. The first-order chi connectivity index (χ1) is 41.9. The zero-order chi connectivity index (χ0) is 63.3. The Morgan fingerprint density at radius 2 is 1.09 bits per heavy atom. The minimum atomic E-state index is -4.75. The number of alkyl halides is 6. The molecule has 2 aliphatic heterocycles. The van der Waals surface area contributed by atoms with Crippen molar-refractivity contribution in [2.75, 3.05) is 34.4 Å². The van der Waals surface area contributed by atoms with Gasteiger partial charge in [-0.15, -0.1) is 36.5 Å². The highest BCUT2D eigenvalue weighted by atomic mass is 32.2. The summed E-state index contributed by atoms with van der Waals surface area (Å²) in [5.74, 6) is 1.66. The molecule has 2 aromatic heterocycles. The third-order valence-corrected chi connectivity index (χ3v) is 15.3. The van der Waals surface area contributed by atoms with E-state index >= 15 is 0 Å². The summed E-state index contributed by atoms with van der Waals surface area (Å²) in [4.78, 5) is 44.9. The number of amidine groups is 2. The minimum Gasteiger partial charge on any atom is -0.406 e. The molecule has 8 aromatic rings. The minimum absolute atomic E-state index is 0.00694. The van der Waals surface area contributed by atoms with Crippen molar-refractivity contribution in [3.8, 4) is 45.6 Å². The predicted octanol–water partition coefficient (Wildman–Crippen LogP) is 14.4. The fourth-order valence-corrected chi connectivity index (χ4v) is 10.8. The van der Waals surface area contributed by atoms with Gasteiger partial charge < -0.3 is 14.8 Å². The Balaban J connectivity index is 0.000000192. The quantitative estimate of drug-likeness (QED) is 0.0530. The van der Waals surface area contributed by atoms with Gasteiger partial charge in [-0.25, -0.2) is 24.3 Å². The number of aliphatic imine (C=N–C) groups is 2. The van der Waals surface area contributed by atoms with Gasteiger partial charge in [-0.1, -0.05) is 124 Å². The van der Waals surface area contributed by atoms with Crippen LogP contribution in [0.4, 0.5) is 37.7 Å². The van der Waals surface area contributed by atoms with Crippen molar-refractivity contribution in [2.24, 2.45) is 9.98 Å². The molecular weight excluding hydrogens is 1220 g/mol. The van der Waals surface area contributed by atoms with Crippen LogP contribution in [0.1, 0.15) is 72.9 Å². The van der Waals surface area contributed by atoms with Crippen LogP contribution in [0.2, 0.25) is 0 Å². The summed E-state index contributed by atoms with van der Waals surface area (Å²) in [6.07, 6.45) is -5.03. The largest absolute Gasteiger partial charge is 0.573 e. The summed E-state index contributed by atoms with van der Waals surface area (Å²) in [6.45, 7) is 13.6. The number of nitrogens with one attached hydrogen (secondary N) is 2. The molecule has 456 valence electrons. The monoisotopic (exact) mass is 1280 g/mol. The normalized spacial score (nSPS) is 13.8. The average Bonchev–Trinajstić information content (AvgIpc) is 4.24. The van der Waals surface area contributed by atoms with Gasteiger partial charge in [0.2, 0.25) is 11.8 Å². The molecule has 2 amide bonds. The lowest BCUT2D eigenvalue weighted by molar-refractivity contribution is -0.275. The number of carbonyl (C=O) groups excluding carboxylic acids is 2. The van der Waals surface area contributed by atoms with E-state index in [1.807, 2.05) is 80.6 Å². The van der Waals surface area contributed by atoms with Crippen molar-refractivity contribution in [1.82, 2.24) is 34.8 Å². The third-order valence-electron chi connectivity index (χ3n) is 13.2. The van der Waals surface area contributed by atoms with Crippen molar-refractivity contribution in [2.45, 2.75) is 78.9 Å². The maximum absolute atomic E-state index is 12.8. The van der Waals surface area contributed by atoms with E-state index in [0.29, 0.717) is 75.4 Å². The van der Waals surface area contributed by atoms with E-state index in [0.717, 1.165) is 62.3 Å². The van der Waals surface area contributed by atoms with Crippen LogP contribution in [0.15, 0.2) is 156 Å². The molecule has 2 saturated heterocycles. The molecule has 16 nitrogen and oxygen atoms in total. The van der Waals surface area contributed by atoms with Crippen LogP contribution in [-0.4, -0.2) is 99.3 Å².